The van der Waals surface area contributed by atoms with Gasteiger partial charge in [-0.2, -0.15) is 26.3 Å². The molecular formula is C12H19F6NO. The van der Waals surface area contributed by atoms with E-state index in [0.717, 1.165) is 25.7 Å². The predicted octanol–water partition coefficient (Wildman–Crippen LogP) is 3.66. The molecule has 20 heavy (non-hydrogen) atoms. The molecule has 0 radical (unpaired) electrons. The van der Waals surface area contributed by atoms with Crippen LogP contribution in [0, 0.1) is 5.92 Å². The summed E-state index contributed by atoms with van der Waals surface area (Å²) in [5.41, 5.74) is 0. The van der Waals surface area contributed by atoms with Crippen LogP contribution in [-0.4, -0.2) is 37.7 Å². The van der Waals surface area contributed by atoms with Gasteiger partial charge in [-0.05, 0) is 18.8 Å². The quantitative estimate of drug-likeness (QED) is 0.618. The Morgan fingerprint density at radius 1 is 1.10 bits per heavy atom. The maximum absolute atomic E-state index is 12.2. The molecular weight excluding hydrogens is 288 g/mol. The minimum atomic E-state index is -5.43. The molecule has 1 N–H and O–H groups in total. The maximum Gasteiger partial charge on any atom is 0.423 e. The van der Waals surface area contributed by atoms with Crippen LogP contribution in [0.1, 0.15) is 32.6 Å². The Balaban J connectivity index is 2.31. The SMILES string of the molecule is CC1CCCC(NCCOC(C(F)(F)F)C(F)(F)F)C1. The van der Waals surface area contributed by atoms with Crippen molar-refractivity contribution in [1.29, 1.82) is 0 Å². The fourth-order valence-corrected chi connectivity index (χ4v) is 2.43. The Hall–Kier alpha value is -0.500. The molecule has 0 bridgehead atoms. The van der Waals surface area contributed by atoms with Gasteiger partial charge in [-0.25, -0.2) is 0 Å². The lowest BCUT2D eigenvalue weighted by molar-refractivity contribution is -0.321. The normalized spacial score (nSPS) is 25.2. The van der Waals surface area contributed by atoms with E-state index in [0.29, 0.717) is 5.92 Å². The molecule has 0 aromatic rings. The zero-order valence-electron chi connectivity index (χ0n) is 11.2. The first kappa shape index (κ1) is 17.6. The van der Waals surface area contributed by atoms with Crippen LogP contribution in [-0.2, 0) is 4.74 Å². The highest BCUT2D eigenvalue weighted by atomic mass is 19.4. The summed E-state index contributed by atoms with van der Waals surface area (Å²) in [5.74, 6) is 0.528. The van der Waals surface area contributed by atoms with Gasteiger partial charge in [0, 0.05) is 12.6 Å². The molecule has 1 fully saturated rings. The summed E-state index contributed by atoms with van der Waals surface area (Å²) in [6, 6.07) is 0.151. The third kappa shape index (κ3) is 5.87. The van der Waals surface area contributed by atoms with E-state index in [2.05, 4.69) is 17.0 Å². The average Bonchev–Trinajstić information content (AvgIpc) is 2.25. The highest BCUT2D eigenvalue weighted by molar-refractivity contribution is 4.78. The van der Waals surface area contributed by atoms with Crippen molar-refractivity contribution in [3.8, 4) is 0 Å². The smallest absolute Gasteiger partial charge is 0.360 e. The summed E-state index contributed by atoms with van der Waals surface area (Å²) in [4.78, 5) is 0. The van der Waals surface area contributed by atoms with Gasteiger partial charge in [0.2, 0.25) is 6.10 Å². The number of alkyl halides is 6. The number of hydrogen-bond acceptors (Lipinski definition) is 2. The molecule has 0 aromatic heterocycles. The standard InChI is InChI=1S/C12H19F6NO/c1-8-3-2-4-9(7-8)19-5-6-20-10(11(13,14)15)12(16,17)18/h8-10,19H,2-7H2,1H3. The van der Waals surface area contributed by atoms with Gasteiger partial charge in [-0.3, -0.25) is 0 Å². The van der Waals surface area contributed by atoms with E-state index in [1.165, 1.54) is 0 Å². The first-order valence-corrected chi connectivity index (χ1v) is 6.59. The second kappa shape index (κ2) is 6.98. The van der Waals surface area contributed by atoms with Gasteiger partial charge < -0.3 is 10.1 Å². The second-order valence-corrected chi connectivity index (χ2v) is 5.26. The van der Waals surface area contributed by atoms with Crippen LogP contribution in [0.25, 0.3) is 0 Å². The van der Waals surface area contributed by atoms with Crippen molar-refractivity contribution in [1.82, 2.24) is 5.32 Å². The highest BCUT2D eigenvalue weighted by Gasteiger charge is 2.57. The molecule has 1 aliphatic rings. The van der Waals surface area contributed by atoms with Crippen LogP contribution < -0.4 is 5.32 Å². The summed E-state index contributed by atoms with van der Waals surface area (Å²) in [5, 5.41) is 2.95. The molecule has 0 amide bonds. The van der Waals surface area contributed by atoms with Crippen molar-refractivity contribution in [3.63, 3.8) is 0 Å². The van der Waals surface area contributed by atoms with Gasteiger partial charge in [-0.15, -0.1) is 0 Å². The first-order valence-electron chi connectivity index (χ1n) is 6.59. The lowest BCUT2D eigenvalue weighted by Crippen LogP contribution is -2.46. The van der Waals surface area contributed by atoms with Crippen molar-refractivity contribution >= 4 is 0 Å². The fourth-order valence-electron chi connectivity index (χ4n) is 2.43. The third-order valence-electron chi connectivity index (χ3n) is 3.35. The van der Waals surface area contributed by atoms with Gasteiger partial charge in [-0.1, -0.05) is 19.8 Å². The van der Waals surface area contributed by atoms with Crippen LogP contribution in [0.2, 0.25) is 0 Å². The largest absolute Gasteiger partial charge is 0.423 e. The van der Waals surface area contributed by atoms with Gasteiger partial charge >= 0.3 is 12.4 Å². The zero-order chi connectivity index (χ0) is 15.4. The van der Waals surface area contributed by atoms with Crippen LogP contribution in [0.5, 0.6) is 0 Å². The van der Waals surface area contributed by atoms with Crippen molar-refractivity contribution in [2.24, 2.45) is 5.92 Å². The van der Waals surface area contributed by atoms with Gasteiger partial charge in [0.25, 0.3) is 0 Å². The molecule has 0 aliphatic heterocycles. The monoisotopic (exact) mass is 307 g/mol. The Bertz CT molecular complexity index is 277. The number of hydrogen-bond donors (Lipinski definition) is 1. The average molecular weight is 307 g/mol. The van der Waals surface area contributed by atoms with Crippen molar-refractivity contribution in [2.45, 2.75) is 57.1 Å². The van der Waals surface area contributed by atoms with Crippen LogP contribution in [0.3, 0.4) is 0 Å². The molecule has 2 nitrogen and oxygen atoms in total. The number of rotatable bonds is 5. The number of halogens is 6. The van der Waals surface area contributed by atoms with Crippen LogP contribution in [0.4, 0.5) is 26.3 Å². The van der Waals surface area contributed by atoms with Gasteiger partial charge in [0.15, 0.2) is 0 Å². The van der Waals surface area contributed by atoms with Crippen molar-refractivity contribution in [3.05, 3.63) is 0 Å². The van der Waals surface area contributed by atoms with E-state index >= 15 is 0 Å². The fraction of sp³-hybridized carbons (Fsp3) is 1.00. The predicted molar refractivity (Wildman–Crippen MR) is 61.3 cm³/mol. The lowest BCUT2D eigenvalue weighted by Gasteiger charge is -2.28. The third-order valence-corrected chi connectivity index (χ3v) is 3.35. The van der Waals surface area contributed by atoms with Crippen molar-refractivity contribution in [2.75, 3.05) is 13.2 Å². The summed E-state index contributed by atoms with van der Waals surface area (Å²) < 4.78 is 77.1. The molecule has 1 rings (SSSR count). The zero-order valence-corrected chi connectivity index (χ0v) is 11.2. The molecule has 1 aliphatic carbocycles. The summed E-state index contributed by atoms with van der Waals surface area (Å²) in [7, 11) is 0. The van der Waals surface area contributed by atoms with E-state index in [1.807, 2.05) is 0 Å². The van der Waals surface area contributed by atoms with E-state index < -0.39 is 25.1 Å². The molecule has 0 saturated heterocycles. The molecule has 8 heteroatoms. The Morgan fingerprint density at radius 3 is 2.20 bits per heavy atom. The van der Waals surface area contributed by atoms with E-state index in [4.69, 9.17) is 0 Å². The molecule has 2 unspecified atom stereocenters. The van der Waals surface area contributed by atoms with E-state index in [-0.39, 0.29) is 12.6 Å². The minimum absolute atomic E-state index is 0.0138. The minimum Gasteiger partial charge on any atom is -0.360 e. The second-order valence-electron chi connectivity index (χ2n) is 5.26. The summed E-state index contributed by atoms with van der Waals surface area (Å²) in [6.45, 7) is 1.45. The Labute approximate surface area is 113 Å². The molecule has 0 heterocycles. The molecule has 0 aromatic carbocycles. The summed E-state index contributed by atoms with van der Waals surface area (Å²) >= 11 is 0. The van der Waals surface area contributed by atoms with Crippen molar-refractivity contribution < 1.29 is 31.1 Å². The number of nitrogens with one attached hydrogen (secondary N) is 1. The summed E-state index contributed by atoms with van der Waals surface area (Å²) in [6.07, 6.45) is -10.7. The maximum atomic E-state index is 12.2. The van der Waals surface area contributed by atoms with Gasteiger partial charge in [0.05, 0.1) is 6.61 Å². The Kier molecular flexibility index (Phi) is 6.12. The number of ether oxygens (including phenoxy) is 1. The lowest BCUT2D eigenvalue weighted by atomic mass is 9.87. The first-order chi connectivity index (χ1) is 9.10. The van der Waals surface area contributed by atoms with Crippen LogP contribution >= 0.6 is 0 Å². The molecule has 0 spiro atoms. The van der Waals surface area contributed by atoms with E-state index in [1.54, 1.807) is 0 Å². The molecule has 1 saturated carbocycles. The Morgan fingerprint density at radius 2 is 1.70 bits per heavy atom. The molecule has 2 atom stereocenters. The highest BCUT2D eigenvalue weighted by Crippen LogP contribution is 2.35. The van der Waals surface area contributed by atoms with Gasteiger partial charge in [0.1, 0.15) is 0 Å². The molecule has 120 valence electrons. The van der Waals surface area contributed by atoms with E-state index in [9.17, 15) is 26.3 Å². The topological polar surface area (TPSA) is 21.3 Å². The van der Waals surface area contributed by atoms with Crippen LogP contribution in [0.15, 0.2) is 0 Å².